The fourth-order valence-corrected chi connectivity index (χ4v) is 1.59. The van der Waals surface area contributed by atoms with Crippen LogP contribution in [0.1, 0.15) is 11.4 Å². The molecular formula is C12H12N. The number of nitrogens with one attached hydrogen (secondary N) is 1. The van der Waals surface area contributed by atoms with Gasteiger partial charge in [0.1, 0.15) is 0 Å². The molecule has 0 aliphatic heterocycles. The molecule has 0 saturated heterocycles. The van der Waals surface area contributed by atoms with E-state index in [1.165, 1.54) is 22.5 Å². The SMILES string of the molecule is Cc1cc(-c2cc[c]cc2)c(C)[nH]1. The quantitative estimate of drug-likeness (QED) is 0.677. The lowest BCUT2D eigenvalue weighted by Gasteiger charge is -1.97. The molecule has 0 aliphatic rings. The molecule has 0 amide bonds. The molecule has 1 heterocycles. The van der Waals surface area contributed by atoms with Gasteiger partial charge in [-0.2, -0.15) is 0 Å². The molecule has 0 atom stereocenters. The summed E-state index contributed by atoms with van der Waals surface area (Å²) >= 11 is 0. The summed E-state index contributed by atoms with van der Waals surface area (Å²) in [6.45, 7) is 4.17. The van der Waals surface area contributed by atoms with E-state index in [9.17, 15) is 0 Å². The molecule has 0 unspecified atom stereocenters. The highest BCUT2D eigenvalue weighted by molar-refractivity contribution is 5.66. The molecule has 1 aromatic carbocycles. The topological polar surface area (TPSA) is 15.8 Å². The van der Waals surface area contributed by atoms with Crippen LogP contribution in [0.4, 0.5) is 0 Å². The van der Waals surface area contributed by atoms with Gasteiger partial charge in [0.2, 0.25) is 0 Å². The summed E-state index contributed by atoms with van der Waals surface area (Å²) in [4.78, 5) is 3.30. The lowest BCUT2D eigenvalue weighted by Crippen LogP contribution is -1.77. The van der Waals surface area contributed by atoms with Gasteiger partial charge in [0.25, 0.3) is 0 Å². The van der Waals surface area contributed by atoms with E-state index in [2.05, 4.69) is 43.1 Å². The van der Waals surface area contributed by atoms with Crippen molar-refractivity contribution in [1.29, 1.82) is 0 Å². The van der Waals surface area contributed by atoms with E-state index < -0.39 is 0 Å². The first kappa shape index (κ1) is 8.11. The normalized spacial score (nSPS) is 10.3. The summed E-state index contributed by atoms with van der Waals surface area (Å²) in [6, 6.07) is 13.2. The summed E-state index contributed by atoms with van der Waals surface area (Å²) < 4.78 is 0. The van der Waals surface area contributed by atoms with Crippen LogP contribution in [0.15, 0.2) is 30.3 Å². The summed E-state index contributed by atoms with van der Waals surface area (Å²) in [7, 11) is 0. The van der Waals surface area contributed by atoms with Gasteiger partial charge in [-0.25, -0.2) is 0 Å². The van der Waals surface area contributed by atoms with Crippen LogP contribution in [-0.2, 0) is 0 Å². The number of hydrogen-bond acceptors (Lipinski definition) is 0. The van der Waals surface area contributed by atoms with Crippen molar-refractivity contribution in [3.63, 3.8) is 0 Å². The fourth-order valence-electron chi connectivity index (χ4n) is 1.59. The third-order valence-electron chi connectivity index (χ3n) is 2.18. The Morgan fingerprint density at radius 1 is 1.15 bits per heavy atom. The predicted octanol–water partition coefficient (Wildman–Crippen LogP) is 3.10. The lowest BCUT2D eigenvalue weighted by atomic mass is 10.1. The minimum atomic E-state index is 1.21. The van der Waals surface area contributed by atoms with Gasteiger partial charge in [-0.3, -0.25) is 0 Å². The van der Waals surface area contributed by atoms with Crippen LogP contribution in [0, 0.1) is 19.9 Å². The number of hydrogen-bond donors (Lipinski definition) is 1. The Morgan fingerprint density at radius 2 is 1.85 bits per heavy atom. The average Bonchev–Trinajstić information content (AvgIpc) is 2.47. The van der Waals surface area contributed by atoms with Crippen molar-refractivity contribution in [1.82, 2.24) is 4.98 Å². The highest BCUT2D eigenvalue weighted by atomic mass is 14.7. The highest BCUT2D eigenvalue weighted by Gasteiger charge is 2.02. The molecule has 2 rings (SSSR count). The van der Waals surface area contributed by atoms with Crippen LogP contribution in [0.5, 0.6) is 0 Å². The predicted molar refractivity (Wildman–Crippen MR) is 54.5 cm³/mol. The zero-order valence-corrected chi connectivity index (χ0v) is 7.89. The standard InChI is InChI=1S/C12H12N/c1-9-8-12(10(2)13-9)11-6-4-3-5-7-11/h4-8,13H,1-2H3. The molecule has 0 aliphatic carbocycles. The second kappa shape index (κ2) is 3.09. The summed E-state index contributed by atoms with van der Waals surface area (Å²) in [6.07, 6.45) is 0. The Balaban J connectivity index is 2.53. The molecule has 1 aromatic heterocycles. The van der Waals surface area contributed by atoms with Crippen molar-refractivity contribution in [3.8, 4) is 11.1 Å². The van der Waals surface area contributed by atoms with Crippen LogP contribution in [0.25, 0.3) is 11.1 Å². The monoisotopic (exact) mass is 170 g/mol. The van der Waals surface area contributed by atoms with E-state index in [1.54, 1.807) is 0 Å². The Labute approximate surface area is 78.4 Å². The summed E-state index contributed by atoms with van der Waals surface area (Å²) in [5.41, 5.74) is 4.97. The number of benzene rings is 1. The zero-order chi connectivity index (χ0) is 9.26. The summed E-state index contributed by atoms with van der Waals surface area (Å²) in [5, 5.41) is 0. The minimum Gasteiger partial charge on any atom is -0.362 e. The van der Waals surface area contributed by atoms with E-state index in [-0.39, 0.29) is 0 Å². The molecule has 0 bridgehead atoms. The number of aromatic amines is 1. The van der Waals surface area contributed by atoms with Gasteiger partial charge in [-0.05, 0) is 31.5 Å². The first-order valence-corrected chi connectivity index (χ1v) is 4.40. The van der Waals surface area contributed by atoms with Crippen molar-refractivity contribution in [3.05, 3.63) is 47.8 Å². The molecule has 0 spiro atoms. The minimum absolute atomic E-state index is 1.21. The molecule has 2 aromatic rings. The van der Waals surface area contributed by atoms with E-state index >= 15 is 0 Å². The van der Waals surface area contributed by atoms with E-state index in [0.29, 0.717) is 0 Å². The Hall–Kier alpha value is -1.50. The smallest absolute Gasteiger partial charge is 0.0197 e. The third kappa shape index (κ3) is 1.50. The number of rotatable bonds is 1. The van der Waals surface area contributed by atoms with Gasteiger partial charge in [0.15, 0.2) is 0 Å². The van der Waals surface area contributed by atoms with Gasteiger partial charge in [-0.1, -0.05) is 24.3 Å². The second-order valence-electron chi connectivity index (χ2n) is 3.28. The Morgan fingerprint density at radius 3 is 2.38 bits per heavy atom. The largest absolute Gasteiger partial charge is 0.362 e. The molecule has 0 fully saturated rings. The molecular weight excluding hydrogens is 158 g/mol. The molecule has 1 nitrogen and oxygen atoms in total. The number of aryl methyl sites for hydroxylation is 2. The van der Waals surface area contributed by atoms with Crippen LogP contribution in [0.3, 0.4) is 0 Å². The van der Waals surface area contributed by atoms with Gasteiger partial charge < -0.3 is 4.98 Å². The number of aromatic nitrogens is 1. The maximum atomic E-state index is 3.30. The molecule has 65 valence electrons. The summed E-state index contributed by atoms with van der Waals surface area (Å²) in [5.74, 6) is 0. The molecule has 1 N–H and O–H groups in total. The van der Waals surface area contributed by atoms with Crippen LogP contribution in [-0.4, -0.2) is 4.98 Å². The second-order valence-corrected chi connectivity index (χ2v) is 3.28. The van der Waals surface area contributed by atoms with Crippen LogP contribution < -0.4 is 0 Å². The van der Waals surface area contributed by atoms with Crippen LogP contribution in [0.2, 0.25) is 0 Å². The zero-order valence-electron chi connectivity index (χ0n) is 7.89. The Kier molecular flexibility index (Phi) is 1.93. The molecule has 1 heteroatoms. The highest BCUT2D eigenvalue weighted by Crippen LogP contribution is 2.23. The van der Waals surface area contributed by atoms with Crippen LogP contribution >= 0.6 is 0 Å². The first-order valence-electron chi connectivity index (χ1n) is 4.40. The van der Waals surface area contributed by atoms with Gasteiger partial charge >= 0.3 is 0 Å². The van der Waals surface area contributed by atoms with Crippen molar-refractivity contribution in [2.45, 2.75) is 13.8 Å². The first-order chi connectivity index (χ1) is 6.27. The van der Waals surface area contributed by atoms with E-state index in [4.69, 9.17) is 0 Å². The van der Waals surface area contributed by atoms with E-state index in [1.807, 2.05) is 12.1 Å². The third-order valence-corrected chi connectivity index (χ3v) is 2.18. The van der Waals surface area contributed by atoms with Crippen molar-refractivity contribution < 1.29 is 0 Å². The number of H-pyrrole nitrogens is 1. The maximum Gasteiger partial charge on any atom is 0.0197 e. The van der Waals surface area contributed by atoms with Gasteiger partial charge in [-0.15, -0.1) is 0 Å². The Bertz CT molecular complexity index is 398. The van der Waals surface area contributed by atoms with Gasteiger partial charge in [0.05, 0.1) is 0 Å². The van der Waals surface area contributed by atoms with Crippen molar-refractivity contribution in [2.75, 3.05) is 0 Å². The fraction of sp³-hybridized carbons (Fsp3) is 0.167. The molecule has 1 radical (unpaired) electrons. The van der Waals surface area contributed by atoms with Crippen molar-refractivity contribution in [2.24, 2.45) is 0 Å². The molecule has 0 saturated carbocycles. The van der Waals surface area contributed by atoms with Crippen molar-refractivity contribution >= 4 is 0 Å². The van der Waals surface area contributed by atoms with E-state index in [0.717, 1.165) is 0 Å². The molecule has 13 heavy (non-hydrogen) atoms. The average molecular weight is 170 g/mol. The maximum absolute atomic E-state index is 3.30. The lowest BCUT2D eigenvalue weighted by molar-refractivity contribution is 1.19. The van der Waals surface area contributed by atoms with Gasteiger partial charge in [0, 0.05) is 17.0 Å².